The molecular formula is C14H17ClN6O2S. The number of rotatable bonds is 5. The lowest BCUT2D eigenvalue weighted by atomic mass is 10.1. The predicted octanol–water partition coefficient (Wildman–Crippen LogP) is 1.62. The summed E-state index contributed by atoms with van der Waals surface area (Å²) in [6.45, 7) is 3.68. The van der Waals surface area contributed by atoms with E-state index in [9.17, 15) is 9.59 Å². The number of urea groups is 1. The first-order valence-corrected chi connectivity index (χ1v) is 8.28. The van der Waals surface area contributed by atoms with Crippen molar-refractivity contribution in [1.29, 1.82) is 0 Å². The molecule has 0 aliphatic carbocycles. The Morgan fingerprint density at radius 2 is 2.04 bits per heavy atom. The number of nitrogen functional groups attached to an aromatic ring is 1. The fraction of sp³-hybridized carbons (Fsp3) is 0.286. The number of thioether (sulfide) groups is 1. The van der Waals surface area contributed by atoms with Gasteiger partial charge in [-0.15, -0.1) is 10.2 Å². The van der Waals surface area contributed by atoms with Crippen LogP contribution in [0.15, 0.2) is 29.4 Å². The molecule has 5 N–H and O–H groups in total. The van der Waals surface area contributed by atoms with Crippen molar-refractivity contribution in [2.45, 2.75) is 24.3 Å². The quantitative estimate of drug-likeness (QED) is 0.543. The topological polar surface area (TPSA) is 129 Å². The third-order valence-electron chi connectivity index (χ3n) is 3.09. The first-order chi connectivity index (χ1) is 11.3. The van der Waals surface area contributed by atoms with Crippen LogP contribution in [0, 0.1) is 5.92 Å². The monoisotopic (exact) mass is 368 g/mol. The molecule has 8 nitrogen and oxygen atoms in total. The van der Waals surface area contributed by atoms with Crippen molar-refractivity contribution in [3.05, 3.63) is 29.3 Å². The molecule has 0 spiro atoms. The summed E-state index contributed by atoms with van der Waals surface area (Å²) < 4.78 is 1.28. The van der Waals surface area contributed by atoms with Crippen LogP contribution < -0.4 is 16.9 Å². The Bertz CT molecular complexity index is 763. The van der Waals surface area contributed by atoms with E-state index in [1.54, 1.807) is 24.3 Å². The van der Waals surface area contributed by atoms with Gasteiger partial charge in [0.2, 0.25) is 11.1 Å². The van der Waals surface area contributed by atoms with E-state index in [1.165, 1.54) is 4.68 Å². The molecule has 0 aliphatic heterocycles. The highest BCUT2D eigenvalue weighted by atomic mass is 35.5. The summed E-state index contributed by atoms with van der Waals surface area (Å²) in [6.07, 6.45) is 0. The van der Waals surface area contributed by atoms with E-state index in [2.05, 4.69) is 15.5 Å². The second-order valence-corrected chi connectivity index (χ2v) is 6.87. The Morgan fingerprint density at radius 1 is 1.33 bits per heavy atom. The predicted molar refractivity (Wildman–Crippen MR) is 92.8 cm³/mol. The van der Waals surface area contributed by atoms with Crippen molar-refractivity contribution in [3.8, 4) is 11.4 Å². The molecule has 1 aromatic carbocycles. The maximum Gasteiger partial charge on any atom is 0.318 e. The van der Waals surface area contributed by atoms with Gasteiger partial charge >= 0.3 is 6.03 Å². The maximum absolute atomic E-state index is 12.1. The summed E-state index contributed by atoms with van der Waals surface area (Å²) in [5.74, 6) is 5.87. The summed E-state index contributed by atoms with van der Waals surface area (Å²) >= 11 is 7.07. The molecule has 0 fully saturated rings. The van der Waals surface area contributed by atoms with Gasteiger partial charge in [0.1, 0.15) is 0 Å². The molecule has 24 heavy (non-hydrogen) atoms. The van der Waals surface area contributed by atoms with E-state index in [4.69, 9.17) is 23.2 Å². The number of carbonyl (C=O) groups is 2. The number of imide groups is 1. The third-order valence-corrected chi connectivity index (χ3v) is 4.83. The summed E-state index contributed by atoms with van der Waals surface area (Å²) in [5.41, 5.74) is 5.70. The van der Waals surface area contributed by atoms with Gasteiger partial charge in [-0.25, -0.2) is 9.47 Å². The number of benzene rings is 1. The number of hydrogen-bond donors (Lipinski definition) is 3. The summed E-state index contributed by atoms with van der Waals surface area (Å²) in [7, 11) is 0. The van der Waals surface area contributed by atoms with Crippen LogP contribution in [0.1, 0.15) is 13.8 Å². The van der Waals surface area contributed by atoms with Crippen molar-refractivity contribution in [3.63, 3.8) is 0 Å². The van der Waals surface area contributed by atoms with Gasteiger partial charge in [-0.2, -0.15) is 0 Å². The Kier molecular flexibility index (Phi) is 5.68. The smallest absolute Gasteiger partial charge is 0.318 e. The minimum atomic E-state index is -0.903. The van der Waals surface area contributed by atoms with Crippen LogP contribution in [0.3, 0.4) is 0 Å². The van der Waals surface area contributed by atoms with Crippen LogP contribution >= 0.6 is 23.4 Å². The highest BCUT2D eigenvalue weighted by molar-refractivity contribution is 8.00. The minimum Gasteiger partial charge on any atom is -0.351 e. The van der Waals surface area contributed by atoms with Crippen molar-refractivity contribution >= 4 is 35.3 Å². The lowest BCUT2D eigenvalue weighted by Gasteiger charge is -2.17. The van der Waals surface area contributed by atoms with Crippen LogP contribution in [-0.4, -0.2) is 32.1 Å². The Morgan fingerprint density at radius 3 is 2.62 bits per heavy atom. The van der Waals surface area contributed by atoms with Crippen LogP contribution in [0.5, 0.6) is 0 Å². The van der Waals surface area contributed by atoms with Gasteiger partial charge < -0.3 is 11.6 Å². The van der Waals surface area contributed by atoms with Gasteiger partial charge in [-0.3, -0.25) is 10.1 Å². The minimum absolute atomic E-state index is 0.0827. The Balaban J connectivity index is 2.26. The number of primary amides is 1. The van der Waals surface area contributed by atoms with Crippen molar-refractivity contribution in [2.75, 3.05) is 5.84 Å². The molecule has 1 heterocycles. The van der Waals surface area contributed by atoms with Crippen LogP contribution in [-0.2, 0) is 4.79 Å². The van der Waals surface area contributed by atoms with Gasteiger partial charge in [0.05, 0.1) is 5.25 Å². The lowest BCUT2D eigenvalue weighted by Crippen LogP contribution is -2.42. The normalized spacial score (nSPS) is 12.2. The number of hydrogen-bond acceptors (Lipinski definition) is 6. The standard InChI is InChI=1S/C14H17ClN6O2S/c1-7(2)10(12(22)18-13(16)23)24-14-20-19-11(21(14)17)8-4-3-5-9(15)6-8/h3-7,10H,17H2,1-2H3,(H3,16,18,22,23)/t10-/m1/s1. The molecule has 0 bridgehead atoms. The number of nitrogens with two attached hydrogens (primary N) is 2. The molecule has 1 aromatic heterocycles. The van der Waals surface area contributed by atoms with Gasteiger partial charge in [0, 0.05) is 10.6 Å². The van der Waals surface area contributed by atoms with Gasteiger partial charge in [0.15, 0.2) is 5.82 Å². The van der Waals surface area contributed by atoms with Gasteiger partial charge in [0.25, 0.3) is 0 Å². The lowest BCUT2D eigenvalue weighted by molar-refractivity contribution is -0.120. The molecule has 0 saturated heterocycles. The molecule has 0 aliphatic rings. The van der Waals surface area contributed by atoms with Crippen LogP contribution in [0.25, 0.3) is 11.4 Å². The van der Waals surface area contributed by atoms with Gasteiger partial charge in [-0.1, -0.05) is 49.3 Å². The second kappa shape index (κ2) is 7.54. The number of amides is 3. The molecular weight excluding hydrogens is 352 g/mol. The van der Waals surface area contributed by atoms with Crippen molar-refractivity contribution in [1.82, 2.24) is 20.2 Å². The number of halogens is 1. The van der Waals surface area contributed by atoms with E-state index >= 15 is 0 Å². The first-order valence-electron chi connectivity index (χ1n) is 7.03. The summed E-state index contributed by atoms with van der Waals surface area (Å²) in [4.78, 5) is 23.0. The number of nitrogens with one attached hydrogen (secondary N) is 1. The van der Waals surface area contributed by atoms with Crippen LogP contribution in [0.2, 0.25) is 5.02 Å². The molecule has 128 valence electrons. The molecule has 10 heteroatoms. The fourth-order valence-corrected chi connectivity index (χ4v) is 3.12. The molecule has 3 amide bonds. The van der Waals surface area contributed by atoms with E-state index in [-0.39, 0.29) is 5.92 Å². The average molecular weight is 369 g/mol. The van der Waals surface area contributed by atoms with E-state index in [1.807, 2.05) is 13.8 Å². The van der Waals surface area contributed by atoms with E-state index < -0.39 is 17.2 Å². The molecule has 2 rings (SSSR count). The molecule has 2 aromatic rings. The van der Waals surface area contributed by atoms with Crippen molar-refractivity contribution in [2.24, 2.45) is 11.7 Å². The first kappa shape index (κ1) is 18.1. The zero-order chi connectivity index (χ0) is 17.9. The average Bonchev–Trinajstić information content (AvgIpc) is 2.84. The summed E-state index contributed by atoms with van der Waals surface area (Å²) in [6, 6.07) is 6.12. The summed E-state index contributed by atoms with van der Waals surface area (Å²) in [5, 5.41) is 10.4. The Hall–Kier alpha value is -2.26. The SMILES string of the molecule is CC(C)[C@@H](Sc1nnc(-c2cccc(Cl)c2)n1N)C(=O)NC(N)=O. The zero-order valence-electron chi connectivity index (χ0n) is 13.1. The maximum atomic E-state index is 12.1. The second-order valence-electron chi connectivity index (χ2n) is 5.32. The van der Waals surface area contributed by atoms with E-state index in [0.717, 1.165) is 11.8 Å². The van der Waals surface area contributed by atoms with Gasteiger partial charge in [-0.05, 0) is 18.1 Å². The molecule has 1 atom stereocenters. The number of carbonyl (C=O) groups excluding carboxylic acids is 2. The highest BCUT2D eigenvalue weighted by Gasteiger charge is 2.27. The van der Waals surface area contributed by atoms with Crippen molar-refractivity contribution < 1.29 is 9.59 Å². The Labute approximate surface area is 147 Å². The van der Waals surface area contributed by atoms with E-state index in [0.29, 0.717) is 21.6 Å². The number of aromatic nitrogens is 3. The molecule has 0 unspecified atom stereocenters. The zero-order valence-corrected chi connectivity index (χ0v) is 14.6. The van der Waals surface area contributed by atoms with Crippen LogP contribution in [0.4, 0.5) is 4.79 Å². The molecule has 0 radical (unpaired) electrons. The number of nitrogens with zero attached hydrogens (tertiary/aromatic N) is 3. The largest absolute Gasteiger partial charge is 0.351 e. The highest BCUT2D eigenvalue weighted by Crippen LogP contribution is 2.29. The molecule has 0 saturated carbocycles. The third kappa shape index (κ3) is 4.18. The fourth-order valence-electron chi connectivity index (χ4n) is 1.98.